The summed E-state index contributed by atoms with van der Waals surface area (Å²) in [6, 6.07) is 4.58. The minimum atomic E-state index is -1.13. The van der Waals surface area contributed by atoms with E-state index in [4.69, 9.17) is 9.52 Å². The molecule has 21 heavy (non-hydrogen) atoms. The van der Waals surface area contributed by atoms with Crippen LogP contribution in [-0.2, 0) is 13.1 Å². The molecule has 0 spiro atoms. The highest BCUT2D eigenvalue weighted by molar-refractivity contribution is 9.11. The monoisotopic (exact) mass is 372 g/mol. The molecule has 0 aliphatic heterocycles. The standard InChI is InChI=1S/C13H13BrN2O4S/c1-16(6-8-4-11(14)21-7-8)13(19)15-5-9-2-3-10(20-9)12(17)18/h2-4,7H,5-6H2,1H3,(H,15,19)(H,17,18). The first-order chi connectivity index (χ1) is 9.95. The van der Waals surface area contributed by atoms with E-state index < -0.39 is 5.97 Å². The first-order valence-corrected chi connectivity index (χ1v) is 7.67. The predicted octanol–water partition coefficient (Wildman–Crippen LogP) is 3.14. The number of nitrogens with one attached hydrogen (secondary N) is 1. The maximum Gasteiger partial charge on any atom is 0.371 e. The number of hydrogen-bond donors (Lipinski definition) is 2. The van der Waals surface area contributed by atoms with E-state index >= 15 is 0 Å². The Hall–Kier alpha value is -1.80. The smallest absolute Gasteiger partial charge is 0.371 e. The van der Waals surface area contributed by atoms with Crippen molar-refractivity contribution in [3.05, 3.63) is 44.4 Å². The summed E-state index contributed by atoms with van der Waals surface area (Å²) >= 11 is 4.93. The van der Waals surface area contributed by atoms with Crippen LogP contribution in [0.15, 0.2) is 31.8 Å². The van der Waals surface area contributed by atoms with Gasteiger partial charge in [0.15, 0.2) is 0 Å². The van der Waals surface area contributed by atoms with Crippen LogP contribution in [-0.4, -0.2) is 29.1 Å². The Kier molecular flexibility index (Phi) is 5.03. The van der Waals surface area contributed by atoms with Crippen molar-refractivity contribution in [2.75, 3.05) is 7.05 Å². The van der Waals surface area contributed by atoms with Crippen molar-refractivity contribution in [3.8, 4) is 0 Å². The summed E-state index contributed by atoms with van der Waals surface area (Å²) in [4.78, 5) is 24.1. The van der Waals surface area contributed by atoms with Crippen LogP contribution in [0.3, 0.4) is 0 Å². The van der Waals surface area contributed by atoms with Gasteiger partial charge in [0, 0.05) is 13.6 Å². The second-order valence-electron chi connectivity index (χ2n) is 4.34. The Balaban J connectivity index is 1.84. The number of hydrogen-bond acceptors (Lipinski definition) is 4. The fourth-order valence-corrected chi connectivity index (χ4v) is 2.86. The molecule has 2 amide bonds. The van der Waals surface area contributed by atoms with Crippen LogP contribution in [0.1, 0.15) is 21.9 Å². The zero-order valence-corrected chi connectivity index (χ0v) is 13.5. The Morgan fingerprint density at radius 2 is 2.24 bits per heavy atom. The summed E-state index contributed by atoms with van der Waals surface area (Å²) in [5.74, 6) is -0.879. The average Bonchev–Trinajstić information content (AvgIpc) is 3.05. The minimum absolute atomic E-state index is 0.143. The van der Waals surface area contributed by atoms with Crippen LogP contribution in [0, 0.1) is 0 Å². The Bertz CT molecular complexity index is 652. The van der Waals surface area contributed by atoms with E-state index in [1.807, 2.05) is 11.4 Å². The van der Waals surface area contributed by atoms with E-state index in [1.165, 1.54) is 17.0 Å². The number of carbonyl (C=O) groups excluding carboxylic acids is 1. The molecule has 0 radical (unpaired) electrons. The van der Waals surface area contributed by atoms with Crippen molar-refractivity contribution >= 4 is 39.3 Å². The number of carbonyl (C=O) groups is 2. The molecule has 0 fully saturated rings. The first-order valence-electron chi connectivity index (χ1n) is 5.99. The van der Waals surface area contributed by atoms with Gasteiger partial charge < -0.3 is 19.7 Å². The largest absolute Gasteiger partial charge is 0.475 e. The van der Waals surface area contributed by atoms with Gasteiger partial charge in [0.1, 0.15) is 5.76 Å². The molecule has 8 heteroatoms. The van der Waals surface area contributed by atoms with E-state index in [-0.39, 0.29) is 18.3 Å². The molecule has 0 unspecified atom stereocenters. The molecule has 2 aromatic heterocycles. The number of carboxylic acids is 1. The number of urea groups is 1. The molecule has 0 aliphatic carbocycles. The van der Waals surface area contributed by atoms with E-state index in [9.17, 15) is 9.59 Å². The van der Waals surface area contributed by atoms with Gasteiger partial charge in [0.05, 0.1) is 10.3 Å². The van der Waals surface area contributed by atoms with Crippen LogP contribution < -0.4 is 5.32 Å². The summed E-state index contributed by atoms with van der Waals surface area (Å²) in [6.07, 6.45) is 0. The van der Waals surface area contributed by atoms with Gasteiger partial charge in [0.25, 0.3) is 0 Å². The Labute approximate surface area is 133 Å². The fourth-order valence-electron chi connectivity index (χ4n) is 1.66. The molecule has 0 saturated carbocycles. The molecular formula is C13H13BrN2O4S. The van der Waals surface area contributed by atoms with E-state index in [1.54, 1.807) is 18.4 Å². The second-order valence-corrected chi connectivity index (χ2v) is 6.64. The van der Waals surface area contributed by atoms with Gasteiger partial charge in [-0.05, 0) is 45.1 Å². The molecule has 0 saturated heterocycles. The molecule has 2 aromatic rings. The fraction of sp³-hybridized carbons (Fsp3) is 0.231. The predicted molar refractivity (Wildman–Crippen MR) is 81.4 cm³/mol. The highest BCUT2D eigenvalue weighted by atomic mass is 79.9. The van der Waals surface area contributed by atoms with Crippen LogP contribution in [0.4, 0.5) is 4.79 Å². The highest BCUT2D eigenvalue weighted by Crippen LogP contribution is 2.21. The molecular weight excluding hydrogens is 360 g/mol. The summed E-state index contributed by atoms with van der Waals surface area (Å²) in [5.41, 5.74) is 1.04. The molecule has 0 atom stereocenters. The van der Waals surface area contributed by atoms with Crippen molar-refractivity contribution in [2.45, 2.75) is 13.1 Å². The molecule has 2 heterocycles. The molecule has 6 nitrogen and oxygen atoms in total. The third-order valence-corrected chi connectivity index (χ3v) is 4.23. The van der Waals surface area contributed by atoms with Crippen LogP contribution in [0.2, 0.25) is 0 Å². The molecule has 2 rings (SSSR count). The maximum atomic E-state index is 11.9. The van der Waals surface area contributed by atoms with Crippen LogP contribution in [0.25, 0.3) is 0 Å². The number of halogens is 1. The highest BCUT2D eigenvalue weighted by Gasteiger charge is 2.12. The number of carboxylic acid groups (broad SMARTS) is 1. The van der Waals surface area contributed by atoms with Gasteiger partial charge in [-0.1, -0.05) is 0 Å². The van der Waals surface area contributed by atoms with Gasteiger partial charge in [-0.2, -0.15) is 0 Å². The normalized spacial score (nSPS) is 10.4. The second kappa shape index (κ2) is 6.77. The van der Waals surface area contributed by atoms with E-state index in [0.29, 0.717) is 12.3 Å². The SMILES string of the molecule is CN(Cc1csc(Br)c1)C(=O)NCc1ccc(C(=O)O)o1. The molecule has 2 N–H and O–H groups in total. The number of nitrogens with zero attached hydrogens (tertiary/aromatic N) is 1. The van der Waals surface area contributed by atoms with Crippen molar-refractivity contribution in [3.63, 3.8) is 0 Å². The van der Waals surface area contributed by atoms with Crippen LogP contribution in [0.5, 0.6) is 0 Å². The Morgan fingerprint density at radius 1 is 1.48 bits per heavy atom. The summed E-state index contributed by atoms with van der Waals surface area (Å²) < 4.78 is 6.08. The molecule has 0 aromatic carbocycles. The minimum Gasteiger partial charge on any atom is -0.475 e. The topological polar surface area (TPSA) is 82.8 Å². The number of aromatic carboxylic acids is 1. The maximum absolute atomic E-state index is 11.9. The van der Waals surface area contributed by atoms with Crippen molar-refractivity contribution < 1.29 is 19.1 Å². The lowest BCUT2D eigenvalue weighted by atomic mass is 10.3. The number of furan rings is 1. The lowest BCUT2D eigenvalue weighted by molar-refractivity contribution is 0.0660. The van der Waals surface area contributed by atoms with Crippen molar-refractivity contribution in [1.29, 1.82) is 0 Å². The van der Waals surface area contributed by atoms with E-state index in [2.05, 4.69) is 21.2 Å². The average molecular weight is 373 g/mol. The van der Waals surface area contributed by atoms with Gasteiger partial charge in [-0.15, -0.1) is 11.3 Å². The zero-order valence-electron chi connectivity index (χ0n) is 11.1. The third-order valence-electron chi connectivity index (χ3n) is 2.67. The van der Waals surface area contributed by atoms with E-state index in [0.717, 1.165) is 9.35 Å². The lowest BCUT2D eigenvalue weighted by Gasteiger charge is -2.16. The van der Waals surface area contributed by atoms with Gasteiger partial charge >= 0.3 is 12.0 Å². The van der Waals surface area contributed by atoms with Crippen molar-refractivity contribution in [2.24, 2.45) is 0 Å². The summed E-state index contributed by atoms with van der Waals surface area (Å²) in [6.45, 7) is 0.635. The first kappa shape index (κ1) is 15.6. The summed E-state index contributed by atoms with van der Waals surface area (Å²) in [7, 11) is 1.69. The number of amides is 2. The summed E-state index contributed by atoms with van der Waals surface area (Å²) in [5, 5.41) is 13.4. The molecule has 0 bridgehead atoms. The van der Waals surface area contributed by atoms with Gasteiger partial charge in [0.2, 0.25) is 5.76 Å². The third kappa shape index (κ3) is 4.33. The van der Waals surface area contributed by atoms with Gasteiger partial charge in [-0.3, -0.25) is 0 Å². The zero-order chi connectivity index (χ0) is 15.4. The number of rotatable bonds is 5. The molecule has 0 aliphatic rings. The van der Waals surface area contributed by atoms with Crippen LogP contribution >= 0.6 is 27.3 Å². The lowest BCUT2D eigenvalue weighted by Crippen LogP contribution is -2.36. The Morgan fingerprint density at radius 3 is 2.81 bits per heavy atom. The number of thiophene rings is 1. The van der Waals surface area contributed by atoms with Crippen molar-refractivity contribution in [1.82, 2.24) is 10.2 Å². The quantitative estimate of drug-likeness (QED) is 0.844. The van der Waals surface area contributed by atoms with Gasteiger partial charge in [-0.25, -0.2) is 9.59 Å². The molecule has 112 valence electrons.